The molecule has 0 aliphatic carbocycles. The lowest BCUT2D eigenvalue weighted by molar-refractivity contribution is 0.211. The van der Waals surface area contributed by atoms with Gasteiger partial charge in [0.1, 0.15) is 10.8 Å². The second-order valence-electron chi connectivity index (χ2n) is 8.57. The largest absolute Gasteiger partial charge is 0.410 e. The monoisotopic (exact) mass is 487 g/mol. The van der Waals surface area contributed by atoms with Crippen LogP contribution in [0.4, 0.5) is 22.0 Å². The van der Waals surface area contributed by atoms with E-state index in [9.17, 15) is 4.79 Å². The predicted molar refractivity (Wildman–Crippen MR) is 134 cm³/mol. The van der Waals surface area contributed by atoms with Crippen LogP contribution in [0.25, 0.3) is 0 Å². The van der Waals surface area contributed by atoms with Crippen molar-refractivity contribution in [3.8, 4) is 5.75 Å². The van der Waals surface area contributed by atoms with Crippen LogP contribution in [0.3, 0.4) is 0 Å². The molecule has 0 radical (unpaired) electrons. The third kappa shape index (κ3) is 7.23. The zero-order valence-electron chi connectivity index (χ0n) is 18.8. The van der Waals surface area contributed by atoms with E-state index >= 15 is 0 Å². The Morgan fingerprint density at radius 2 is 1.94 bits per heavy atom. The average molecular weight is 488 g/mol. The number of amides is 1. The molecule has 1 amide bonds. The Kier molecular flexibility index (Phi) is 8.00. The standard InChI is InChI=1S/C24H27Cl2N5O2/c1-24(2,3)18-10-9-17(33-23(27)32)13-20(18)28-11-5-7-15-6-4-8-16(12-15)30-21-19(25)14-29-22(26)31-21/h4,6,8-10,12-14,28H,5,7,11H2,1-3H3,(H2,27,32)(H,29,30,31). The summed E-state index contributed by atoms with van der Waals surface area (Å²) in [6, 6.07) is 13.6. The summed E-state index contributed by atoms with van der Waals surface area (Å²) in [7, 11) is 0. The van der Waals surface area contributed by atoms with Crippen LogP contribution in [0.15, 0.2) is 48.7 Å². The number of hydrogen-bond acceptors (Lipinski definition) is 6. The van der Waals surface area contributed by atoms with Gasteiger partial charge in [0, 0.05) is 24.0 Å². The molecule has 0 fully saturated rings. The summed E-state index contributed by atoms with van der Waals surface area (Å²) in [5.41, 5.74) is 9.17. The molecule has 3 rings (SSSR count). The first-order valence-corrected chi connectivity index (χ1v) is 11.3. The average Bonchev–Trinajstić information content (AvgIpc) is 2.73. The molecule has 7 nitrogen and oxygen atoms in total. The highest BCUT2D eigenvalue weighted by Crippen LogP contribution is 2.32. The normalized spacial score (nSPS) is 11.2. The van der Waals surface area contributed by atoms with Gasteiger partial charge in [-0.25, -0.2) is 9.78 Å². The number of carbonyl (C=O) groups is 1. The van der Waals surface area contributed by atoms with Crippen molar-refractivity contribution in [2.45, 2.75) is 39.0 Å². The number of nitrogens with two attached hydrogens (primary N) is 1. The van der Waals surface area contributed by atoms with Gasteiger partial charge in [-0.15, -0.1) is 0 Å². The Morgan fingerprint density at radius 1 is 1.15 bits per heavy atom. The number of anilines is 3. The fourth-order valence-electron chi connectivity index (χ4n) is 3.39. The molecule has 0 saturated carbocycles. The van der Waals surface area contributed by atoms with Crippen molar-refractivity contribution in [2.24, 2.45) is 5.73 Å². The van der Waals surface area contributed by atoms with Crippen LogP contribution >= 0.6 is 23.2 Å². The van der Waals surface area contributed by atoms with E-state index in [-0.39, 0.29) is 10.7 Å². The number of nitrogens with zero attached hydrogens (tertiary/aromatic N) is 2. The molecule has 0 atom stereocenters. The van der Waals surface area contributed by atoms with Crippen molar-refractivity contribution in [2.75, 3.05) is 17.2 Å². The lowest BCUT2D eigenvalue weighted by atomic mass is 9.85. The summed E-state index contributed by atoms with van der Waals surface area (Å²) in [5, 5.41) is 7.18. The van der Waals surface area contributed by atoms with E-state index in [0.717, 1.165) is 36.3 Å². The molecular weight excluding hydrogens is 461 g/mol. The number of rotatable bonds is 8. The molecule has 0 unspecified atom stereocenters. The smallest absolute Gasteiger partial charge is 0.409 e. The van der Waals surface area contributed by atoms with Gasteiger partial charge in [0.05, 0.1) is 6.20 Å². The van der Waals surface area contributed by atoms with E-state index in [1.54, 1.807) is 6.07 Å². The first-order valence-electron chi connectivity index (χ1n) is 10.5. The van der Waals surface area contributed by atoms with E-state index in [2.05, 4.69) is 47.4 Å². The van der Waals surface area contributed by atoms with Gasteiger partial charge in [-0.05, 0) is 59.2 Å². The van der Waals surface area contributed by atoms with E-state index in [1.807, 2.05) is 30.3 Å². The van der Waals surface area contributed by atoms with Crippen LogP contribution in [0.5, 0.6) is 5.75 Å². The van der Waals surface area contributed by atoms with E-state index in [4.69, 9.17) is 33.7 Å². The first kappa shape index (κ1) is 24.6. The number of nitrogens with one attached hydrogen (secondary N) is 2. The maximum atomic E-state index is 11.1. The molecule has 9 heteroatoms. The lowest BCUT2D eigenvalue weighted by Crippen LogP contribution is -2.18. The summed E-state index contributed by atoms with van der Waals surface area (Å²) in [6.45, 7) is 7.15. The van der Waals surface area contributed by atoms with Crippen molar-refractivity contribution < 1.29 is 9.53 Å². The van der Waals surface area contributed by atoms with Gasteiger partial charge in [-0.3, -0.25) is 0 Å². The van der Waals surface area contributed by atoms with Gasteiger partial charge < -0.3 is 21.1 Å². The van der Waals surface area contributed by atoms with E-state index < -0.39 is 6.09 Å². The summed E-state index contributed by atoms with van der Waals surface area (Å²) in [5.74, 6) is 0.878. The van der Waals surface area contributed by atoms with E-state index in [0.29, 0.717) is 16.6 Å². The number of hydrogen-bond donors (Lipinski definition) is 3. The molecule has 33 heavy (non-hydrogen) atoms. The molecule has 1 heterocycles. The minimum absolute atomic E-state index is 0.0707. The highest BCUT2D eigenvalue weighted by atomic mass is 35.5. The number of aryl methyl sites for hydroxylation is 1. The summed E-state index contributed by atoms with van der Waals surface area (Å²) in [4.78, 5) is 19.1. The Labute approximate surface area is 203 Å². The number of primary amides is 1. The maximum Gasteiger partial charge on any atom is 0.409 e. The van der Waals surface area contributed by atoms with Gasteiger partial charge in [0.2, 0.25) is 5.28 Å². The van der Waals surface area contributed by atoms with Crippen LogP contribution in [-0.4, -0.2) is 22.6 Å². The fourth-order valence-corrected chi connectivity index (χ4v) is 3.67. The van der Waals surface area contributed by atoms with Crippen LogP contribution in [0.2, 0.25) is 10.3 Å². The van der Waals surface area contributed by atoms with Crippen LogP contribution in [0.1, 0.15) is 38.3 Å². The van der Waals surface area contributed by atoms with Gasteiger partial charge in [-0.1, -0.05) is 50.6 Å². The quantitative estimate of drug-likeness (QED) is 0.253. The lowest BCUT2D eigenvalue weighted by Gasteiger charge is -2.24. The van der Waals surface area contributed by atoms with Crippen molar-refractivity contribution in [1.82, 2.24) is 9.97 Å². The Balaban J connectivity index is 1.62. The molecule has 0 bridgehead atoms. The molecule has 0 aliphatic rings. The van der Waals surface area contributed by atoms with Gasteiger partial charge >= 0.3 is 6.09 Å². The topological polar surface area (TPSA) is 102 Å². The zero-order chi connectivity index (χ0) is 24.0. The number of carbonyl (C=O) groups excluding carboxylic acids is 1. The van der Waals surface area contributed by atoms with Crippen molar-refractivity contribution in [3.63, 3.8) is 0 Å². The second kappa shape index (κ2) is 10.7. The number of aromatic nitrogens is 2. The third-order valence-corrected chi connectivity index (χ3v) is 5.34. The Hall–Kier alpha value is -3.03. The van der Waals surface area contributed by atoms with Crippen molar-refractivity contribution in [1.29, 1.82) is 0 Å². The second-order valence-corrected chi connectivity index (χ2v) is 9.32. The third-order valence-electron chi connectivity index (χ3n) is 4.88. The van der Waals surface area contributed by atoms with E-state index in [1.165, 1.54) is 11.8 Å². The molecular formula is C24H27Cl2N5O2. The molecule has 1 aromatic heterocycles. The Bertz CT molecular complexity index is 1130. The highest BCUT2D eigenvalue weighted by Gasteiger charge is 2.19. The molecule has 0 saturated heterocycles. The molecule has 0 spiro atoms. The molecule has 4 N–H and O–H groups in total. The van der Waals surface area contributed by atoms with Crippen LogP contribution in [-0.2, 0) is 11.8 Å². The minimum atomic E-state index is -0.830. The summed E-state index contributed by atoms with van der Waals surface area (Å²) in [6.07, 6.45) is 2.39. The molecule has 0 aliphatic heterocycles. The SMILES string of the molecule is CC(C)(C)c1ccc(OC(N)=O)cc1NCCCc1cccc(Nc2nc(Cl)ncc2Cl)c1. The zero-order valence-corrected chi connectivity index (χ0v) is 20.3. The Morgan fingerprint density at radius 3 is 2.67 bits per heavy atom. The highest BCUT2D eigenvalue weighted by molar-refractivity contribution is 6.33. The summed E-state index contributed by atoms with van der Waals surface area (Å²) >= 11 is 12.0. The van der Waals surface area contributed by atoms with Crippen LogP contribution in [0, 0.1) is 0 Å². The summed E-state index contributed by atoms with van der Waals surface area (Å²) < 4.78 is 5.04. The fraction of sp³-hybridized carbons (Fsp3) is 0.292. The molecule has 3 aromatic rings. The first-order chi connectivity index (χ1) is 15.6. The van der Waals surface area contributed by atoms with Crippen molar-refractivity contribution >= 4 is 46.5 Å². The number of ether oxygens (including phenoxy) is 1. The van der Waals surface area contributed by atoms with Gasteiger partial charge in [0.15, 0.2) is 5.82 Å². The predicted octanol–water partition coefficient (Wildman–Crippen LogP) is 6.33. The van der Waals surface area contributed by atoms with Crippen molar-refractivity contribution in [3.05, 3.63) is 70.1 Å². The molecule has 174 valence electrons. The molecule has 2 aromatic carbocycles. The van der Waals surface area contributed by atoms with Crippen LogP contribution < -0.4 is 21.1 Å². The number of halogens is 2. The van der Waals surface area contributed by atoms with Gasteiger partial charge in [0.25, 0.3) is 0 Å². The number of benzene rings is 2. The maximum absolute atomic E-state index is 11.1. The van der Waals surface area contributed by atoms with Gasteiger partial charge in [-0.2, -0.15) is 4.98 Å². The minimum Gasteiger partial charge on any atom is -0.410 e.